The molecule has 3 heteroatoms. The van der Waals surface area contributed by atoms with E-state index in [1.54, 1.807) is 4.68 Å². The van der Waals surface area contributed by atoms with Crippen LogP contribution in [0.4, 0.5) is 0 Å². The molecule has 0 aromatic carbocycles. The van der Waals surface area contributed by atoms with E-state index in [2.05, 4.69) is 16.9 Å². The maximum absolute atomic E-state index is 3.79. The van der Waals surface area contributed by atoms with E-state index in [-0.39, 0.29) is 0 Å². The average molecular weight is 123 g/mol. The Balaban J connectivity index is 2.98. The molecule has 1 aromatic rings. The summed E-state index contributed by atoms with van der Waals surface area (Å²) in [6, 6.07) is 0. The summed E-state index contributed by atoms with van der Waals surface area (Å²) in [5.41, 5.74) is 1.80. The van der Waals surface area contributed by atoms with Gasteiger partial charge >= 0.3 is 0 Å². The Morgan fingerprint density at radius 2 is 2.44 bits per heavy atom. The topological polar surface area (TPSA) is 30.7 Å². The third-order valence-electron chi connectivity index (χ3n) is 0.999. The highest BCUT2D eigenvalue weighted by atomic mass is 15.4. The Bertz CT molecular complexity index is 224. The van der Waals surface area contributed by atoms with E-state index >= 15 is 0 Å². The largest absolute Gasteiger partial charge is 0.225 e. The number of hydrogen-bond acceptors (Lipinski definition) is 2. The molecule has 0 fully saturated rings. The van der Waals surface area contributed by atoms with Crippen LogP contribution in [0, 0.1) is 6.92 Å². The molecule has 0 spiro atoms. The van der Waals surface area contributed by atoms with Gasteiger partial charge < -0.3 is 0 Å². The Labute approximate surface area is 54.0 Å². The van der Waals surface area contributed by atoms with E-state index in [1.807, 2.05) is 20.0 Å². The maximum atomic E-state index is 3.79. The second kappa shape index (κ2) is 2.01. The first-order chi connectivity index (χ1) is 4.20. The lowest BCUT2D eigenvalue weighted by Gasteiger charge is -1.91. The minimum absolute atomic E-state index is 0.885. The van der Waals surface area contributed by atoms with Crippen LogP contribution in [0.1, 0.15) is 12.6 Å². The Hall–Kier alpha value is -1.12. The molecule has 0 aliphatic rings. The SMILES string of the molecule is C=C(C)n1cc(C)nn1. The zero-order valence-electron chi connectivity index (χ0n) is 5.63. The number of hydrogen-bond donors (Lipinski definition) is 0. The van der Waals surface area contributed by atoms with Crippen LogP contribution in [0.5, 0.6) is 0 Å². The van der Waals surface area contributed by atoms with Gasteiger partial charge in [-0.3, -0.25) is 0 Å². The monoisotopic (exact) mass is 123 g/mol. The molecule has 0 saturated heterocycles. The molecular formula is C6H9N3. The molecule has 0 radical (unpaired) electrons. The lowest BCUT2D eigenvalue weighted by atomic mass is 10.5. The van der Waals surface area contributed by atoms with Gasteiger partial charge in [0, 0.05) is 5.70 Å². The fourth-order valence-electron chi connectivity index (χ4n) is 0.534. The Kier molecular flexibility index (Phi) is 1.34. The average Bonchev–Trinajstić information content (AvgIpc) is 2.14. The van der Waals surface area contributed by atoms with E-state index in [0.29, 0.717) is 0 Å². The normalized spacial score (nSPS) is 9.56. The summed E-state index contributed by atoms with van der Waals surface area (Å²) >= 11 is 0. The van der Waals surface area contributed by atoms with Gasteiger partial charge in [-0.05, 0) is 13.8 Å². The minimum Gasteiger partial charge on any atom is -0.225 e. The van der Waals surface area contributed by atoms with Gasteiger partial charge in [0.15, 0.2) is 0 Å². The molecule has 48 valence electrons. The van der Waals surface area contributed by atoms with Crippen LogP contribution in [-0.2, 0) is 0 Å². The van der Waals surface area contributed by atoms with Gasteiger partial charge in [-0.1, -0.05) is 11.8 Å². The van der Waals surface area contributed by atoms with Crippen molar-refractivity contribution in [3.63, 3.8) is 0 Å². The third-order valence-corrected chi connectivity index (χ3v) is 0.999. The molecule has 0 aliphatic carbocycles. The molecule has 1 heterocycles. The molecule has 0 N–H and O–H groups in total. The van der Waals surface area contributed by atoms with Crippen LogP contribution < -0.4 is 0 Å². The molecule has 9 heavy (non-hydrogen) atoms. The van der Waals surface area contributed by atoms with Crippen molar-refractivity contribution in [1.82, 2.24) is 15.0 Å². The molecule has 0 unspecified atom stereocenters. The predicted molar refractivity (Wildman–Crippen MR) is 35.8 cm³/mol. The van der Waals surface area contributed by atoms with Crippen LogP contribution >= 0.6 is 0 Å². The first kappa shape index (κ1) is 6.01. The molecule has 0 bridgehead atoms. The molecule has 0 saturated carbocycles. The zero-order valence-corrected chi connectivity index (χ0v) is 5.63. The van der Waals surface area contributed by atoms with Crippen molar-refractivity contribution in [3.05, 3.63) is 18.5 Å². The highest BCUT2D eigenvalue weighted by Gasteiger charge is 1.92. The lowest BCUT2D eigenvalue weighted by Crippen LogP contribution is -1.91. The number of nitrogens with zero attached hydrogens (tertiary/aromatic N) is 3. The van der Waals surface area contributed by atoms with Gasteiger partial charge in [-0.25, -0.2) is 4.68 Å². The minimum atomic E-state index is 0.885. The molecule has 0 atom stereocenters. The van der Waals surface area contributed by atoms with E-state index in [9.17, 15) is 0 Å². The van der Waals surface area contributed by atoms with E-state index < -0.39 is 0 Å². The number of rotatable bonds is 1. The summed E-state index contributed by atoms with van der Waals surface area (Å²) in [7, 11) is 0. The summed E-state index contributed by atoms with van der Waals surface area (Å²) < 4.78 is 1.65. The quantitative estimate of drug-likeness (QED) is 0.559. The second-order valence-corrected chi connectivity index (χ2v) is 2.04. The molecule has 3 nitrogen and oxygen atoms in total. The van der Waals surface area contributed by atoms with E-state index in [0.717, 1.165) is 11.4 Å². The van der Waals surface area contributed by atoms with Gasteiger partial charge in [-0.15, -0.1) is 5.10 Å². The smallest absolute Gasteiger partial charge is 0.0800 e. The Morgan fingerprint density at radius 1 is 1.78 bits per heavy atom. The van der Waals surface area contributed by atoms with Crippen molar-refractivity contribution in [3.8, 4) is 0 Å². The fraction of sp³-hybridized carbons (Fsp3) is 0.333. The zero-order chi connectivity index (χ0) is 6.85. The first-order valence-electron chi connectivity index (χ1n) is 2.75. The van der Waals surface area contributed by atoms with Crippen molar-refractivity contribution >= 4 is 5.70 Å². The summed E-state index contributed by atoms with van der Waals surface area (Å²) in [5.74, 6) is 0. The first-order valence-corrected chi connectivity index (χ1v) is 2.75. The van der Waals surface area contributed by atoms with E-state index in [4.69, 9.17) is 0 Å². The summed E-state index contributed by atoms with van der Waals surface area (Å²) in [6.45, 7) is 7.48. The van der Waals surface area contributed by atoms with Gasteiger partial charge in [0.1, 0.15) is 0 Å². The highest BCUT2D eigenvalue weighted by molar-refractivity contribution is 5.35. The number of allylic oxidation sites excluding steroid dienone is 1. The van der Waals surface area contributed by atoms with Crippen molar-refractivity contribution in [2.24, 2.45) is 0 Å². The van der Waals surface area contributed by atoms with Crippen molar-refractivity contribution in [1.29, 1.82) is 0 Å². The molecular weight excluding hydrogens is 114 g/mol. The van der Waals surface area contributed by atoms with Crippen LogP contribution in [0.3, 0.4) is 0 Å². The van der Waals surface area contributed by atoms with Crippen molar-refractivity contribution in [2.45, 2.75) is 13.8 Å². The third kappa shape index (κ3) is 1.16. The van der Waals surface area contributed by atoms with Crippen molar-refractivity contribution < 1.29 is 0 Å². The van der Waals surface area contributed by atoms with Gasteiger partial charge in [-0.2, -0.15) is 0 Å². The van der Waals surface area contributed by atoms with E-state index in [1.165, 1.54) is 0 Å². The summed E-state index contributed by atoms with van der Waals surface area (Å²) in [6.07, 6.45) is 1.84. The van der Waals surface area contributed by atoms with Crippen molar-refractivity contribution in [2.75, 3.05) is 0 Å². The van der Waals surface area contributed by atoms with Crippen LogP contribution in [-0.4, -0.2) is 15.0 Å². The molecule has 0 aliphatic heterocycles. The van der Waals surface area contributed by atoms with Gasteiger partial charge in [0.2, 0.25) is 0 Å². The standard InChI is InChI=1S/C6H9N3/c1-5(2)9-4-6(3)7-8-9/h4H,1H2,2-3H3. The van der Waals surface area contributed by atoms with Gasteiger partial charge in [0.05, 0.1) is 11.9 Å². The summed E-state index contributed by atoms with van der Waals surface area (Å²) in [5, 5.41) is 7.57. The van der Waals surface area contributed by atoms with Crippen LogP contribution in [0.15, 0.2) is 12.8 Å². The highest BCUT2D eigenvalue weighted by Crippen LogP contribution is 1.96. The molecule has 1 aromatic heterocycles. The van der Waals surface area contributed by atoms with Gasteiger partial charge in [0.25, 0.3) is 0 Å². The number of aromatic nitrogens is 3. The molecule has 1 rings (SSSR count). The fourth-order valence-corrected chi connectivity index (χ4v) is 0.534. The maximum Gasteiger partial charge on any atom is 0.0800 e. The summed E-state index contributed by atoms with van der Waals surface area (Å²) in [4.78, 5) is 0. The predicted octanol–water partition coefficient (Wildman–Crippen LogP) is 1.08. The lowest BCUT2D eigenvalue weighted by molar-refractivity contribution is 0.813. The van der Waals surface area contributed by atoms with Crippen LogP contribution in [0.2, 0.25) is 0 Å². The molecule has 0 amide bonds. The second-order valence-electron chi connectivity index (χ2n) is 2.04. The Morgan fingerprint density at radius 3 is 2.67 bits per heavy atom. The van der Waals surface area contributed by atoms with Crippen LogP contribution in [0.25, 0.3) is 5.70 Å². The number of aryl methyl sites for hydroxylation is 1.